The average molecular weight is 405 g/mol. The van der Waals surface area contributed by atoms with Gasteiger partial charge in [0.25, 0.3) is 0 Å². The maximum absolute atomic E-state index is 10.4. The Morgan fingerprint density at radius 1 is 1.10 bits per heavy atom. The summed E-state index contributed by atoms with van der Waals surface area (Å²) in [7, 11) is 0. The summed E-state index contributed by atoms with van der Waals surface area (Å²) >= 11 is 0. The van der Waals surface area contributed by atoms with E-state index in [1.807, 2.05) is 36.4 Å². The van der Waals surface area contributed by atoms with Gasteiger partial charge in [-0.25, -0.2) is 0 Å². The molecule has 2 aromatic rings. The summed E-state index contributed by atoms with van der Waals surface area (Å²) in [5.41, 5.74) is 5.20. The van der Waals surface area contributed by atoms with Crippen molar-refractivity contribution >= 4 is 11.4 Å². The number of aliphatic hydroxyl groups excluding tert-OH is 1. The minimum atomic E-state index is -0.527. The number of hydrogen-bond donors (Lipinski definition) is 2. The van der Waals surface area contributed by atoms with E-state index in [0.29, 0.717) is 12.1 Å². The summed E-state index contributed by atoms with van der Waals surface area (Å²) in [6.45, 7) is 8.48. The first kappa shape index (κ1) is 20.3. The van der Waals surface area contributed by atoms with Crippen LogP contribution in [0.3, 0.4) is 0 Å². The predicted molar refractivity (Wildman–Crippen MR) is 119 cm³/mol. The molecule has 4 rings (SSSR count). The van der Waals surface area contributed by atoms with Crippen molar-refractivity contribution in [3.63, 3.8) is 0 Å². The van der Waals surface area contributed by atoms with Crippen LogP contribution < -0.4 is 15.0 Å². The number of β-amino-alcohol motifs (C(OH)–C–C–N with tert-alkyl or cyclic N) is 1. The SMILES string of the molecule is C=C1CCc2cc(OC[C@@H](O)CN3CCN(c4ccc(C#N)cc4)CC3)ccc2N1. The highest BCUT2D eigenvalue weighted by Crippen LogP contribution is 2.29. The van der Waals surface area contributed by atoms with Gasteiger partial charge in [0, 0.05) is 49.8 Å². The van der Waals surface area contributed by atoms with E-state index in [4.69, 9.17) is 10.00 Å². The number of nitrogens with one attached hydrogen (secondary N) is 1. The van der Waals surface area contributed by atoms with E-state index in [0.717, 1.165) is 61.8 Å². The molecule has 0 amide bonds. The fourth-order valence-electron chi connectivity index (χ4n) is 4.01. The third-order valence-electron chi connectivity index (χ3n) is 5.73. The first-order valence-corrected chi connectivity index (χ1v) is 10.5. The predicted octanol–water partition coefficient (Wildman–Crippen LogP) is 2.99. The van der Waals surface area contributed by atoms with Gasteiger partial charge in [0.05, 0.1) is 11.6 Å². The number of rotatable bonds is 6. The number of nitriles is 1. The Labute approximate surface area is 178 Å². The summed E-state index contributed by atoms with van der Waals surface area (Å²) in [6, 6.07) is 15.9. The van der Waals surface area contributed by atoms with Gasteiger partial charge in [-0.15, -0.1) is 0 Å². The fourth-order valence-corrected chi connectivity index (χ4v) is 4.01. The molecule has 6 nitrogen and oxygen atoms in total. The van der Waals surface area contributed by atoms with Crippen molar-refractivity contribution in [2.24, 2.45) is 0 Å². The Kier molecular flexibility index (Phi) is 6.22. The number of aliphatic hydroxyl groups is 1. The minimum Gasteiger partial charge on any atom is -0.491 e. The molecule has 0 saturated carbocycles. The monoisotopic (exact) mass is 404 g/mol. The van der Waals surface area contributed by atoms with Gasteiger partial charge < -0.3 is 20.1 Å². The van der Waals surface area contributed by atoms with E-state index in [1.165, 1.54) is 5.56 Å². The zero-order valence-electron chi connectivity index (χ0n) is 17.2. The first-order valence-electron chi connectivity index (χ1n) is 10.5. The highest BCUT2D eigenvalue weighted by atomic mass is 16.5. The van der Waals surface area contributed by atoms with Crippen LogP contribution in [0.4, 0.5) is 11.4 Å². The summed E-state index contributed by atoms with van der Waals surface area (Å²) in [5, 5.41) is 22.7. The molecule has 1 saturated heterocycles. The summed E-state index contributed by atoms with van der Waals surface area (Å²) in [5.74, 6) is 0.799. The van der Waals surface area contributed by atoms with E-state index in [1.54, 1.807) is 0 Å². The van der Waals surface area contributed by atoms with Gasteiger partial charge in [0.2, 0.25) is 0 Å². The largest absolute Gasteiger partial charge is 0.491 e. The quantitative estimate of drug-likeness (QED) is 0.771. The molecule has 2 heterocycles. The van der Waals surface area contributed by atoms with Gasteiger partial charge in [-0.1, -0.05) is 6.58 Å². The van der Waals surface area contributed by atoms with Crippen molar-refractivity contribution < 1.29 is 9.84 Å². The molecule has 1 fully saturated rings. The highest BCUT2D eigenvalue weighted by molar-refractivity contribution is 5.59. The average Bonchev–Trinajstić information content (AvgIpc) is 2.78. The molecule has 2 aromatic carbocycles. The third-order valence-corrected chi connectivity index (χ3v) is 5.73. The molecule has 0 aliphatic carbocycles. The maximum Gasteiger partial charge on any atom is 0.119 e. The standard InChI is InChI=1S/C24H28N4O2/c1-18-2-5-20-14-23(8-9-24(20)26-18)30-17-22(29)16-27-10-12-28(13-11-27)21-6-3-19(15-25)4-7-21/h3-4,6-9,14,22,26,29H,1-2,5,10-13,16-17H2/t22-/m0/s1. The molecule has 156 valence electrons. The normalized spacial score (nSPS) is 17.6. The van der Waals surface area contributed by atoms with Crippen molar-refractivity contribution in [1.82, 2.24) is 4.90 Å². The summed E-state index contributed by atoms with van der Waals surface area (Å²) < 4.78 is 5.85. The Balaban J connectivity index is 1.22. The molecule has 30 heavy (non-hydrogen) atoms. The second kappa shape index (κ2) is 9.21. The van der Waals surface area contributed by atoms with Crippen molar-refractivity contribution in [1.29, 1.82) is 5.26 Å². The minimum absolute atomic E-state index is 0.286. The molecular weight excluding hydrogens is 376 g/mol. The third kappa shape index (κ3) is 4.93. The van der Waals surface area contributed by atoms with Gasteiger partial charge in [-0.2, -0.15) is 5.26 Å². The van der Waals surface area contributed by atoms with Crippen LogP contribution in [-0.4, -0.2) is 55.4 Å². The topological polar surface area (TPSA) is 71.8 Å². The van der Waals surface area contributed by atoms with Gasteiger partial charge >= 0.3 is 0 Å². The van der Waals surface area contributed by atoms with Gasteiger partial charge in [0.15, 0.2) is 0 Å². The molecule has 2 aliphatic rings. The number of anilines is 2. The lowest BCUT2D eigenvalue weighted by Gasteiger charge is -2.36. The Morgan fingerprint density at radius 3 is 2.60 bits per heavy atom. The maximum atomic E-state index is 10.4. The molecule has 2 N–H and O–H groups in total. The molecule has 0 spiro atoms. The van der Waals surface area contributed by atoms with Crippen LogP contribution in [0, 0.1) is 11.3 Å². The van der Waals surface area contributed by atoms with Crippen LogP contribution in [0.2, 0.25) is 0 Å². The number of aryl methyl sites for hydroxylation is 1. The number of benzene rings is 2. The number of piperazine rings is 1. The smallest absolute Gasteiger partial charge is 0.119 e. The Bertz CT molecular complexity index is 927. The fraction of sp³-hybridized carbons (Fsp3) is 0.375. The molecule has 0 bridgehead atoms. The van der Waals surface area contributed by atoms with E-state index in [9.17, 15) is 5.11 Å². The van der Waals surface area contributed by atoms with Crippen LogP contribution >= 0.6 is 0 Å². The molecular formula is C24H28N4O2. The number of allylic oxidation sites excluding steroid dienone is 1. The molecule has 2 aliphatic heterocycles. The van der Waals surface area contributed by atoms with E-state index in [-0.39, 0.29) is 6.61 Å². The molecule has 0 aromatic heterocycles. The lowest BCUT2D eigenvalue weighted by atomic mass is 10.0. The molecule has 1 atom stereocenters. The van der Waals surface area contributed by atoms with Gasteiger partial charge in [-0.3, -0.25) is 4.90 Å². The van der Waals surface area contributed by atoms with Crippen LogP contribution in [0.1, 0.15) is 17.5 Å². The van der Waals surface area contributed by atoms with Crippen molar-refractivity contribution in [2.75, 3.05) is 49.5 Å². The summed E-state index contributed by atoms with van der Waals surface area (Å²) in [6.07, 6.45) is 1.37. The number of hydrogen-bond acceptors (Lipinski definition) is 6. The zero-order valence-corrected chi connectivity index (χ0v) is 17.2. The van der Waals surface area contributed by atoms with E-state index in [2.05, 4.69) is 33.8 Å². The molecule has 6 heteroatoms. The van der Waals surface area contributed by atoms with Crippen LogP contribution in [0.5, 0.6) is 5.75 Å². The number of nitrogens with zero attached hydrogens (tertiary/aromatic N) is 3. The Hall–Kier alpha value is -3.01. The van der Waals surface area contributed by atoms with Crippen LogP contribution in [0.25, 0.3) is 0 Å². The van der Waals surface area contributed by atoms with Crippen LogP contribution in [0.15, 0.2) is 54.7 Å². The van der Waals surface area contributed by atoms with E-state index >= 15 is 0 Å². The lowest BCUT2D eigenvalue weighted by Crippen LogP contribution is -2.49. The lowest BCUT2D eigenvalue weighted by molar-refractivity contribution is 0.0663. The molecule has 0 unspecified atom stereocenters. The Morgan fingerprint density at radius 2 is 1.87 bits per heavy atom. The van der Waals surface area contributed by atoms with Crippen molar-refractivity contribution in [3.05, 3.63) is 65.9 Å². The van der Waals surface area contributed by atoms with Gasteiger partial charge in [0.1, 0.15) is 18.5 Å². The van der Waals surface area contributed by atoms with Crippen LogP contribution in [-0.2, 0) is 6.42 Å². The van der Waals surface area contributed by atoms with Gasteiger partial charge in [-0.05, 0) is 60.9 Å². The summed E-state index contributed by atoms with van der Waals surface area (Å²) in [4.78, 5) is 4.59. The zero-order chi connectivity index (χ0) is 20.9. The highest BCUT2D eigenvalue weighted by Gasteiger charge is 2.20. The second-order valence-electron chi connectivity index (χ2n) is 7.96. The van der Waals surface area contributed by atoms with E-state index < -0.39 is 6.10 Å². The number of fused-ring (bicyclic) bond motifs is 1. The molecule has 0 radical (unpaired) electrons. The van der Waals surface area contributed by atoms with Crippen molar-refractivity contribution in [3.8, 4) is 11.8 Å². The number of ether oxygens (including phenoxy) is 1. The first-order chi connectivity index (χ1) is 14.6. The second-order valence-corrected chi connectivity index (χ2v) is 7.96. The van der Waals surface area contributed by atoms with Crippen molar-refractivity contribution in [2.45, 2.75) is 18.9 Å².